The summed E-state index contributed by atoms with van der Waals surface area (Å²) in [5.41, 5.74) is 5.77. The van der Waals surface area contributed by atoms with E-state index in [1.807, 2.05) is 55.8 Å². The molecule has 8 rings (SSSR count). The first-order chi connectivity index (χ1) is 29.4. The van der Waals surface area contributed by atoms with Crippen molar-refractivity contribution < 1.29 is 33.4 Å². The molecule has 0 radical (unpaired) electrons. The molecular formula is C46H54N8O7. The lowest BCUT2D eigenvalue weighted by molar-refractivity contribution is -0.136. The van der Waals surface area contributed by atoms with Crippen molar-refractivity contribution in [3.63, 3.8) is 0 Å². The molecule has 4 N–H and O–H groups in total. The molecule has 2 aromatic heterocycles. The quantitative estimate of drug-likeness (QED) is 0.108. The van der Waals surface area contributed by atoms with Gasteiger partial charge in [-0.05, 0) is 66.5 Å². The molecular weight excluding hydrogens is 777 g/mol. The number of fused-ring (bicyclic) bond motifs is 4. The first-order valence-corrected chi connectivity index (χ1v) is 21.2. The number of methoxy groups -OCH3 is 2. The van der Waals surface area contributed by atoms with Gasteiger partial charge >= 0.3 is 12.2 Å². The molecule has 3 aliphatic heterocycles. The van der Waals surface area contributed by atoms with E-state index in [0.717, 1.165) is 87.4 Å². The van der Waals surface area contributed by atoms with E-state index in [0.29, 0.717) is 18.9 Å². The predicted molar refractivity (Wildman–Crippen MR) is 229 cm³/mol. The number of alkyl carbamates (subject to hydrolysis) is 2. The highest BCUT2D eigenvalue weighted by Gasteiger charge is 2.39. The Balaban J connectivity index is 0.987. The van der Waals surface area contributed by atoms with Crippen LogP contribution in [0.25, 0.3) is 33.3 Å². The molecule has 5 heterocycles. The van der Waals surface area contributed by atoms with Crippen LogP contribution in [0, 0.1) is 11.8 Å². The van der Waals surface area contributed by atoms with E-state index in [1.54, 1.807) is 6.20 Å². The zero-order valence-electron chi connectivity index (χ0n) is 35.7. The summed E-state index contributed by atoms with van der Waals surface area (Å²) < 4.78 is 16.2. The number of rotatable bonds is 10. The zero-order valence-corrected chi connectivity index (χ0v) is 35.7. The maximum atomic E-state index is 13.7. The lowest BCUT2D eigenvalue weighted by Crippen LogP contribution is -2.51. The Morgan fingerprint density at radius 2 is 1.25 bits per heavy atom. The van der Waals surface area contributed by atoms with Crippen molar-refractivity contribution in [2.24, 2.45) is 11.8 Å². The molecule has 2 fully saturated rings. The van der Waals surface area contributed by atoms with Gasteiger partial charge in [-0.15, -0.1) is 0 Å². The number of H-pyrrole nitrogens is 2. The number of aromatic nitrogens is 4. The van der Waals surface area contributed by atoms with Crippen LogP contribution in [0.15, 0.2) is 60.9 Å². The molecule has 0 aliphatic carbocycles. The smallest absolute Gasteiger partial charge is 0.407 e. The van der Waals surface area contributed by atoms with E-state index in [4.69, 9.17) is 24.2 Å². The van der Waals surface area contributed by atoms with E-state index < -0.39 is 24.3 Å². The lowest BCUT2D eigenvalue weighted by Gasteiger charge is -2.30. The largest absolute Gasteiger partial charge is 0.457 e. The molecule has 0 bridgehead atoms. The Kier molecular flexibility index (Phi) is 11.5. The highest BCUT2D eigenvalue weighted by atomic mass is 16.5. The van der Waals surface area contributed by atoms with Gasteiger partial charge in [0.1, 0.15) is 35.2 Å². The van der Waals surface area contributed by atoms with Crippen molar-refractivity contribution in [2.75, 3.05) is 27.3 Å². The summed E-state index contributed by atoms with van der Waals surface area (Å²) in [4.78, 5) is 71.4. The third kappa shape index (κ3) is 7.88. The van der Waals surface area contributed by atoms with Crippen molar-refractivity contribution in [1.82, 2.24) is 40.4 Å². The molecule has 3 aliphatic rings. The van der Waals surface area contributed by atoms with Gasteiger partial charge in [0.05, 0.1) is 50.1 Å². The fourth-order valence-corrected chi connectivity index (χ4v) is 9.15. The van der Waals surface area contributed by atoms with E-state index in [-0.39, 0.29) is 41.7 Å². The fourth-order valence-electron chi connectivity index (χ4n) is 9.15. The number of imidazole rings is 2. The average Bonchev–Trinajstić information content (AvgIpc) is 4.10. The van der Waals surface area contributed by atoms with Gasteiger partial charge in [-0.1, -0.05) is 65.0 Å². The summed E-state index contributed by atoms with van der Waals surface area (Å²) in [6, 6.07) is 14.8. The normalized spacial score (nSPS) is 19.3. The minimum absolute atomic E-state index is 0.0539. The number of hydrogen-bond acceptors (Lipinski definition) is 9. The number of nitrogens with zero attached hydrogens (tertiary/aromatic N) is 4. The Hall–Kier alpha value is -6.38. The third-order valence-electron chi connectivity index (χ3n) is 12.5. The van der Waals surface area contributed by atoms with Crippen molar-refractivity contribution >= 4 is 34.8 Å². The molecule has 5 aromatic rings. The van der Waals surface area contributed by atoms with Crippen molar-refractivity contribution in [3.05, 3.63) is 83.7 Å². The molecule has 15 heteroatoms. The second-order valence-electron chi connectivity index (χ2n) is 16.9. The summed E-state index contributed by atoms with van der Waals surface area (Å²) in [7, 11) is 2.58. The van der Waals surface area contributed by atoms with Crippen molar-refractivity contribution in [2.45, 2.75) is 90.4 Å². The molecule has 3 aromatic carbocycles. The number of carbonyl (C=O) groups excluding carboxylic acids is 4. The second kappa shape index (κ2) is 16.9. The second-order valence-corrected chi connectivity index (χ2v) is 16.9. The lowest BCUT2D eigenvalue weighted by atomic mass is 9.85. The van der Waals surface area contributed by atoms with Gasteiger partial charge in [-0.2, -0.15) is 0 Å². The minimum atomic E-state index is -0.703. The first-order valence-electron chi connectivity index (χ1n) is 21.2. The van der Waals surface area contributed by atoms with Gasteiger partial charge in [-0.25, -0.2) is 19.6 Å². The Morgan fingerprint density at radius 3 is 1.77 bits per heavy atom. The van der Waals surface area contributed by atoms with Crippen LogP contribution in [-0.2, 0) is 19.1 Å². The zero-order chi connectivity index (χ0) is 43.1. The van der Waals surface area contributed by atoms with Crippen LogP contribution in [0.3, 0.4) is 0 Å². The van der Waals surface area contributed by atoms with Crippen LogP contribution in [0.2, 0.25) is 0 Å². The molecule has 15 nitrogen and oxygen atoms in total. The molecule has 320 valence electrons. The number of amides is 4. The number of aromatic amines is 2. The monoisotopic (exact) mass is 830 g/mol. The van der Waals surface area contributed by atoms with E-state index >= 15 is 0 Å². The fraction of sp³-hybridized carbons (Fsp3) is 0.435. The van der Waals surface area contributed by atoms with Crippen LogP contribution >= 0.6 is 0 Å². The summed E-state index contributed by atoms with van der Waals surface area (Å²) >= 11 is 0. The van der Waals surface area contributed by atoms with Crippen LogP contribution in [-0.4, -0.2) is 93.1 Å². The Morgan fingerprint density at radius 1 is 0.721 bits per heavy atom. The van der Waals surface area contributed by atoms with E-state index in [9.17, 15) is 19.2 Å². The van der Waals surface area contributed by atoms with Gasteiger partial charge < -0.3 is 44.6 Å². The summed E-state index contributed by atoms with van der Waals surface area (Å²) in [6.07, 6.45) is 5.58. The summed E-state index contributed by atoms with van der Waals surface area (Å²) in [5, 5.41) is 7.59. The summed E-state index contributed by atoms with van der Waals surface area (Å²) in [6.45, 7) is 11.0. The Labute approximate surface area is 354 Å². The van der Waals surface area contributed by atoms with Gasteiger partial charge in [0.15, 0.2) is 0 Å². The molecule has 0 saturated carbocycles. The number of nitrogens with one attached hydrogen (secondary N) is 4. The van der Waals surface area contributed by atoms with Crippen LogP contribution < -0.4 is 15.4 Å². The first kappa shape index (κ1) is 41.4. The van der Waals surface area contributed by atoms with E-state index in [1.165, 1.54) is 14.2 Å². The van der Waals surface area contributed by atoms with E-state index in [2.05, 4.69) is 63.9 Å². The molecule has 4 amide bonds. The standard InChI is InChI=1S/C46H54N8O7/c1-24(2)39(51-45(57)59-6)43(55)53-18-8-10-34(53)41-47-22-32(49-41)28-13-16-31-27(20-28)14-17-36-38(31)26(5)30-15-12-29(21-37(30)61-36)33-23-48-42(50-33)35-11-9-19-54(35)44(56)40(25(3)4)52-46(58)60-7/h12-17,20-26,34-35,39-40H,8-11,18-19H2,1-7H3,(H,47,49)(H,48,50)(H,51,57)(H,52,58)/t26-,34-,35-,39-,40-/m0/s1. The van der Waals surface area contributed by atoms with Crippen molar-refractivity contribution in [1.29, 1.82) is 0 Å². The highest BCUT2D eigenvalue weighted by molar-refractivity contribution is 5.93. The van der Waals surface area contributed by atoms with Crippen LogP contribution in [0.4, 0.5) is 9.59 Å². The van der Waals surface area contributed by atoms with Gasteiger partial charge in [0.2, 0.25) is 11.8 Å². The van der Waals surface area contributed by atoms with Crippen LogP contribution in [0.5, 0.6) is 11.5 Å². The topological polar surface area (TPSA) is 184 Å². The highest BCUT2D eigenvalue weighted by Crippen LogP contribution is 2.48. The molecule has 0 spiro atoms. The maximum absolute atomic E-state index is 13.7. The maximum Gasteiger partial charge on any atom is 0.407 e. The molecule has 5 atom stereocenters. The minimum Gasteiger partial charge on any atom is -0.457 e. The molecule has 2 saturated heterocycles. The molecule has 61 heavy (non-hydrogen) atoms. The predicted octanol–water partition coefficient (Wildman–Crippen LogP) is 7.97. The summed E-state index contributed by atoms with van der Waals surface area (Å²) in [5.74, 6) is 2.54. The Bertz CT molecular complexity index is 2470. The van der Waals surface area contributed by atoms with Gasteiger partial charge in [0, 0.05) is 41.3 Å². The average molecular weight is 831 g/mol. The van der Waals surface area contributed by atoms with Gasteiger partial charge in [-0.3, -0.25) is 9.59 Å². The molecule has 0 unspecified atom stereocenters. The number of likely N-dealkylation sites (tertiary alicyclic amines) is 2. The number of ether oxygens (including phenoxy) is 3. The van der Waals surface area contributed by atoms with Crippen molar-refractivity contribution in [3.8, 4) is 34.0 Å². The van der Waals surface area contributed by atoms with Crippen LogP contribution in [0.1, 0.15) is 101 Å². The number of benzene rings is 3. The number of hydrogen-bond donors (Lipinski definition) is 4. The van der Waals surface area contributed by atoms with Gasteiger partial charge in [0.25, 0.3) is 0 Å². The number of carbonyl (C=O) groups is 4. The third-order valence-corrected chi connectivity index (χ3v) is 12.5. The SMILES string of the molecule is COC(=O)N[C@H](C(=O)N1CCC[C@H]1c1ncc(-c2ccc3c(c2)Oc2ccc4cc(-c5cnc([C@@H]6CCCN6C(=O)[C@@H](NC(=O)OC)C(C)C)[nH]5)ccc4c2[C@H]3C)[nH]1)C(C)C.